The molecule has 0 bridgehead atoms. The molecule has 2 atom stereocenters. The molecular weight excluding hydrogens is 536 g/mol. The largest absolute Gasteiger partial charge is 0.497 e. The van der Waals surface area contributed by atoms with Gasteiger partial charge >= 0.3 is 0 Å². The van der Waals surface area contributed by atoms with Crippen LogP contribution in [0.25, 0.3) is 0 Å². The van der Waals surface area contributed by atoms with Gasteiger partial charge in [0.1, 0.15) is 10.8 Å². The van der Waals surface area contributed by atoms with Gasteiger partial charge in [0.2, 0.25) is 0 Å². The van der Waals surface area contributed by atoms with Crippen molar-refractivity contribution in [3.8, 4) is 5.75 Å². The van der Waals surface area contributed by atoms with Crippen molar-refractivity contribution >= 4 is 23.2 Å². The predicted octanol–water partition coefficient (Wildman–Crippen LogP) is 4.22. The van der Waals surface area contributed by atoms with Gasteiger partial charge in [0.05, 0.1) is 25.8 Å². The number of ether oxygens (including phenoxy) is 1. The van der Waals surface area contributed by atoms with Crippen LogP contribution >= 0.6 is 11.3 Å². The molecule has 8 nitrogen and oxygen atoms in total. The van der Waals surface area contributed by atoms with Crippen LogP contribution in [0.15, 0.2) is 84.2 Å². The van der Waals surface area contributed by atoms with Gasteiger partial charge in [0, 0.05) is 42.3 Å². The van der Waals surface area contributed by atoms with Crippen LogP contribution in [0, 0.1) is 6.92 Å². The highest BCUT2D eigenvalue weighted by atomic mass is 32.1. The molecule has 9 heteroatoms. The Kier molecular flexibility index (Phi) is 10.6. The number of aryl methyl sites for hydroxylation is 1. The van der Waals surface area contributed by atoms with Crippen molar-refractivity contribution in [3.63, 3.8) is 0 Å². The van der Waals surface area contributed by atoms with Gasteiger partial charge in [-0.15, -0.1) is 11.3 Å². The highest BCUT2D eigenvalue weighted by molar-refractivity contribution is 7.09. The second kappa shape index (κ2) is 14.5. The normalized spacial score (nSPS) is 12.4. The fourth-order valence-electron chi connectivity index (χ4n) is 4.42. The fraction of sp³-hybridized carbons (Fsp3) is 0.281. The molecule has 0 saturated heterocycles. The van der Waals surface area contributed by atoms with E-state index in [0.29, 0.717) is 30.6 Å². The molecule has 0 fully saturated rings. The molecule has 0 spiro atoms. The van der Waals surface area contributed by atoms with Gasteiger partial charge in [-0.25, -0.2) is 4.98 Å². The maximum absolute atomic E-state index is 13.4. The minimum Gasteiger partial charge on any atom is -0.497 e. The Balaban J connectivity index is 1.41. The number of carbonyl (C=O) groups excluding carboxylic acids is 2. The molecule has 1 aromatic heterocycles. The number of aliphatic hydroxyl groups is 1. The van der Waals surface area contributed by atoms with Gasteiger partial charge in [0.15, 0.2) is 0 Å². The number of nitrogens with zero attached hydrogens (tertiary/aromatic N) is 2. The predicted molar refractivity (Wildman–Crippen MR) is 161 cm³/mol. The van der Waals surface area contributed by atoms with E-state index >= 15 is 0 Å². The monoisotopic (exact) mass is 572 g/mol. The van der Waals surface area contributed by atoms with Crippen LogP contribution in [-0.4, -0.2) is 59.7 Å². The summed E-state index contributed by atoms with van der Waals surface area (Å²) < 4.78 is 5.21. The lowest BCUT2D eigenvalue weighted by Crippen LogP contribution is -2.48. The van der Waals surface area contributed by atoms with E-state index in [0.717, 1.165) is 27.6 Å². The van der Waals surface area contributed by atoms with Crippen LogP contribution < -0.4 is 15.4 Å². The minimum absolute atomic E-state index is 0.198. The molecule has 3 aromatic carbocycles. The summed E-state index contributed by atoms with van der Waals surface area (Å²) in [6.07, 6.45) is -0.401. The third-order valence-electron chi connectivity index (χ3n) is 6.68. The first-order chi connectivity index (χ1) is 19.8. The Labute approximate surface area is 245 Å². The number of methoxy groups -OCH3 is 1. The third-order valence-corrected chi connectivity index (χ3v) is 7.63. The summed E-state index contributed by atoms with van der Waals surface area (Å²) >= 11 is 1.51. The molecule has 4 aromatic rings. The van der Waals surface area contributed by atoms with Gasteiger partial charge in [-0.05, 0) is 54.8 Å². The van der Waals surface area contributed by atoms with E-state index in [2.05, 4.69) is 15.6 Å². The summed E-state index contributed by atoms with van der Waals surface area (Å²) in [7, 11) is 3.35. The van der Waals surface area contributed by atoms with Gasteiger partial charge in [-0.3, -0.25) is 9.59 Å². The van der Waals surface area contributed by atoms with Crippen molar-refractivity contribution in [2.75, 3.05) is 20.7 Å². The standard InChI is InChI=1S/C32H36N4O4S/c1-22-21-41-30(34-22)20-36(2)32(39)26-11-7-10-25(17-26)31(38)35-28(16-23-8-5-4-6-9-23)29(37)19-33-18-24-12-14-27(40-3)15-13-24/h4-15,17,21,28-29,33,37H,16,18-20H2,1-3H3,(H,35,38). The molecule has 0 aliphatic carbocycles. The SMILES string of the molecule is COc1ccc(CNCC(O)C(Cc2ccccc2)NC(=O)c2cccc(C(=O)N(C)Cc3nc(C)cs3)c2)cc1. The van der Waals surface area contributed by atoms with E-state index in [1.165, 1.54) is 11.3 Å². The number of thiazole rings is 1. The Hall–Kier alpha value is -4.05. The zero-order valence-electron chi connectivity index (χ0n) is 23.5. The second-order valence-electron chi connectivity index (χ2n) is 9.94. The van der Waals surface area contributed by atoms with E-state index in [-0.39, 0.29) is 18.4 Å². The minimum atomic E-state index is -0.852. The van der Waals surface area contributed by atoms with Crippen LogP contribution in [0.4, 0.5) is 0 Å². The summed E-state index contributed by atoms with van der Waals surface area (Å²) in [5, 5.41) is 20.2. The number of aromatic nitrogens is 1. The van der Waals surface area contributed by atoms with Gasteiger partial charge < -0.3 is 25.4 Å². The molecule has 0 aliphatic rings. The molecule has 0 saturated carbocycles. The summed E-state index contributed by atoms with van der Waals surface area (Å²) in [5.74, 6) is 0.232. The zero-order valence-corrected chi connectivity index (χ0v) is 24.4. The maximum atomic E-state index is 13.4. The maximum Gasteiger partial charge on any atom is 0.253 e. The van der Waals surface area contributed by atoms with Crippen molar-refractivity contribution in [1.82, 2.24) is 20.5 Å². The lowest BCUT2D eigenvalue weighted by atomic mass is 10.00. The lowest BCUT2D eigenvalue weighted by Gasteiger charge is -2.25. The van der Waals surface area contributed by atoms with Crippen molar-refractivity contribution in [1.29, 1.82) is 0 Å². The van der Waals surface area contributed by atoms with E-state index in [9.17, 15) is 14.7 Å². The number of amides is 2. The molecule has 0 aliphatic heterocycles. The van der Waals surface area contributed by atoms with Gasteiger partial charge in [-0.1, -0.05) is 48.5 Å². The van der Waals surface area contributed by atoms with Crippen LogP contribution in [0.3, 0.4) is 0 Å². The summed E-state index contributed by atoms with van der Waals surface area (Å²) in [6.45, 7) is 3.15. The van der Waals surface area contributed by atoms with E-state index in [1.807, 2.05) is 66.9 Å². The molecule has 1 heterocycles. The van der Waals surface area contributed by atoms with Crippen LogP contribution in [-0.2, 0) is 19.5 Å². The number of aliphatic hydroxyl groups excluding tert-OH is 1. The lowest BCUT2D eigenvalue weighted by molar-refractivity contribution is 0.0784. The number of carbonyl (C=O) groups is 2. The Morgan fingerprint density at radius 1 is 1.00 bits per heavy atom. The Bertz CT molecular complexity index is 1430. The molecule has 214 valence electrons. The molecule has 3 N–H and O–H groups in total. The molecule has 41 heavy (non-hydrogen) atoms. The Morgan fingerprint density at radius 3 is 2.41 bits per heavy atom. The van der Waals surface area contributed by atoms with Crippen LogP contribution in [0.5, 0.6) is 5.75 Å². The second-order valence-corrected chi connectivity index (χ2v) is 10.9. The molecule has 2 unspecified atom stereocenters. The number of hydrogen-bond acceptors (Lipinski definition) is 7. The van der Waals surface area contributed by atoms with Gasteiger partial charge in [-0.2, -0.15) is 0 Å². The fourth-order valence-corrected chi connectivity index (χ4v) is 5.24. The van der Waals surface area contributed by atoms with Crippen molar-refractivity contribution < 1.29 is 19.4 Å². The number of hydrogen-bond donors (Lipinski definition) is 3. The van der Waals surface area contributed by atoms with Crippen LogP contribution in [0.1, 0.15) is 42.5 Å². The third kappa shape index (κ3) is 8.72. The molecule has 0 radical (unpaired) electrons. The van der Waals surface area contributed by atoms with Crippen molar-refractivity contribution in [3.05, 3.63) is 117 Å². The van der Waals surface area contributed by atoms with Gasteiger partial charge in [0.25, 0.3) is 11.8 Å². The first-order valence-corrected chi connectivity index (χ1v) is 14.3. The average Bonchev–Trinajstić information content (AvgIpc) is 3.41. The van der Waals surface area contributed by atoms with E-state index < -0.39 is 12.1 Å². The van der Waals surface area contributed by atoms with E-state index in [1.54, 1.807) is 43.3 Å². The molecule has 4 rings (SSSR count). The zero-order chi connectivity index (χ0) is 29.2. The first kappa shape index (κ1) is 29.9. The van der Waals surface area contributed by atoms with Crippen molar-refractivity contribution in [2.45, 2.75) is 38.6 Å². The topological polar surface area (TPSA) is 104 Å². The highest BCUT2D eigenvalue weighted by Crippen LogP contribution is 2.15. The summed E-state index contributed by atoms with van der Waals surface area (Å²) in [4.78, 5) is 32.5. The van der Waals surface area contributed by atoms with Crippen LogP contribution in [0.2, 0.25) is 0 Å². The smallest absolute Gasteiger partial charge is 0.253 e. The molecule has 2 amide bonds. The quantitative estimate of drug-likeness (QED) is 0.222. The Morgan fingerprint density at radius 2 is 1.73 bits per heavy atom. The average molecular weight is 573 g/mol. The van der Waals surface area contributed by atoms with E-state index in [4.69, 9.17) is 4.74 Å². The highest BCUT2D eigenvalue weighted by Gasteiger charge is 2.23. The van der Waals surface area contributed by atoms with Crippen molar-refractivity contribution in [2.24, 2.45) is 0 Å². The number of nitrogens with one attached hydrogen (secondary N) is 2. The number of benzene rings is 3. The summed E-state index contributed by atoms with van der Waals surface area (Å²) in [6, 6.07) is 23.5. The molecular formula is C32H36N4O4S. The summed E-state index contributed by atoms with van der Waals surface area (Å²) in [5.41, 5.74) is 3.74. The number of rotatable bonds is 13. The first-order valence-electron chi connectivity index (χ1n) is 13.5.